The van der Waals surface area contributed by atoms with Crippen LogP contribution in [0.5, 0.6) is 0 Å². The van der Waals surface area contributed by atoms with Gasteiger partial charge in [0.15, 0.2) is 0 Å². The summed E-state index contributed by atoms with van der Waals surface area (Å²) in [7, 11) is 0. The molecular formula is C15H16ClNO2. The van der Waals surface area contributed by atoms with E-state index in [9.17, 15) is 4.79 Å². The van der Waals surface area contributed by atoms with Crippen LogP contribution in [-0.4, -0.2) is 11.9 Å². The van der Waals surface area contributed by atoms with E-state index in [1.807, 2.05) is 19.1 Å². The summed E-state index contributed by atoms with van der Waals surface area (Å²) in [5.74, 6) is 0.832. The van der Waals surface area contributed by atoms with Gasteiger partial charge >= 0.3 is 0 Å². The largest absolute Gasteiger partial charge is 0.469 e. The normalized spacial score (nSPS) is 12.1. The Balaban J connectivity index is 1.84. The molecule has 0 aliphatic rings. The van der Waals surface area contributed by atoms with Crippen molar-refractivity contribution in [3.05, 3.63) is 59.0 Å². The van der Waals surface area contributed by atoms with Gasteiger partial charge in [0.2, 0.25) is 0 Å². The SMILES string of the molecule is CC(CCc1ccco1)NC(=O)c1cccc(Cl)c1. The van der Waals surface area contributed by atoms with Gasteiger partial charge in [-0.15, -0.1) is 0 Å². The number of halogens is 1. The van der Waals surface area contributed by atoms with Crippen LogP contribution in [0.2, 0.25) is 5.02 Å². The maximum atomic E-state index is 12.0. The first-order valence-corrected chi connectivity index (χ1v) is 6.62. The first-order valence-electron chi connectivity index (χ1n) is 6.24. The van der Waals surface area contributed by atoms with Gasteiger partial charge in [0.1, 0.15) is 5.76 Å². The Morgan fingerprint density at radius 1 is 1.37 bits per heavy atom. The average Bonchev–Trinajstić information content (AvgIpc) is 2.89. The molecule has 1 aromatic carbocycles. The number of hydrogen-bond donors (Lipinski definition) is 1. The molecule has 0 aliphatic carbocycles. The monoisotopic (exact) mass is 277 g/mol. The highest BCUT2D eigenvalue weighted by Crippen LogP contribution is 2.11. The van der Waals surface area contributed by atoms with Crippen molar-refractivity contribution in [3.8, 4) is 0 Å². The molecule has 0 aliphatic heterocycles. The van der Waals surface area contributed by atoms with E-state index in [0.717, 1.165) is 18.6 Å². The van der Waals surface area contributed by atoms with Crippen molar-refractivity contribution in [2.24, 2.45) is 0 Å². The molecule has 2 aromatic rings. The van der Waals surface area contributed by atoms with E-state index in [1.165, 1.54) is 0 Å². The molecule has 0 fully saturated rings. The van der Waals surface area contributed by atoms with E-state index in [0.29, 0.717) is 10.6 Å². The Hall–Kier alpha value is -1.74. The van der Waals surface area contributed by atoms with Crippen molar-refractivity contribution in [1.29, 1.82) is 0 Å². The number of furan rings is 1. The third-order valence-corrected chi connectivity index (χ3v) is 3.10. The number of amides is 1. The Bertz CT molecular complexity index is 537. The van der Waals surface area contributed by atoms with Gasteiger partial charge in [-0.3, -0.25) is 4.79 Å². The number of carbonyl (C=O) groups excluding carboxylic acids is 1. The number of hydrogen-bond acceptors (Lipinski definition) is 2. The van der Waals surface area contributed by atoms with Gasteiger partial charge < -0.3 is 9.73 Å². The molecule has 1 atom stereocenters. The van der Waals surface area contributed by atoms with Crippen LogP contribution in [0.1, 0.15) is 29.5 Å². The Labute approximate surface area is 117 Å². The van der Waals surface area contributed by atoms with E-state index in [-0.39, 0.29) is 11.9 Å². The zero-order valence-electron chi connectivity index (χ0n) is 10.7. The summed E-state index contributed by atoms with van der Waals surface area (Å²) >= 11 is 5.86. The van der Waals surface area contributed by atoms with Crippen molar-refractivity contribution < 1.29 is 9.21 Å². The molecule has 1 amide bonds. The van der Waals surface area contributed by atoms with E-state index >= 15 is 0 Å². The summed E-state index contributed by atoms with van der Waals surface area (Å²) in [6.07, 6.45) is 3.30. The minimum absolute atomic E-state index is 0.0802. The number of benzene rings is 1. The third-order valence-electron chi connectivity index (χ3n) is 2.87. The van der Waals surface area contributed by atoms with Gasteiger partial charge in [-0.05, 0) is 43.7 Å². The number of rotatable bonds is 5. The van der Waals surface area contributed by atoms with Crippen LogP contribution in [0.15, 0.2) is 47.1 Å². The fourth-order valence-electron chi connectivity index (χ4n) is 1.82. The lowest BCUT2D eigenvalue weighted by atomic mass is 10.1. The lowest BCUT2D eigenvalue weighted by Crippen LogP contribution is -2.32. The maximum absolute atomic E-state index is 12.0. The van der Waals surface area contributed by atoms with Gasteiger partial charge in [0, 0.05) is 23.0 Å². The summed E-state index contributed by atoms with van der Waals surface area (Å²) in [5.41, 5.74) is 0.581. The number of carbonyl (C=O) groups is 1. The highest BCUT2D eigenvalue weighted by atomic mass is 35.5. The molecule has 0 saturated carbocycles. The zero-order chi connectivity index (χ0) is 13.7. The van der Waals surface area contributed by atoms with Crippen LogP contribution >= 0.6 is 11.6 Å². The van der Waals surface area contributed by atoms with E-state index in [2.05, 4.69) is 5.32 Å². The fraction of sp³-hybridized carbons (Fsp3) is 0.267. The highest BCUT2D eigenvalue weighted by Gasteiger charge is 2.10. The second-order valence-corrected chi connectivity index (χ2v) is 4.94. The molecule has 0 radical (unpaired) electrons. The maximum Gasteiger partial charge on any atom is 0.251 e. The van der Waals surface area contributed by atoms with Crippen LogP contribution in [-0.2, 0) is 6.42 Å². The minimum Gasteiger partial charge on any atom is -0.469 e. The van der Waals surface area contributed by atoms with Gasteiger partial charge in [-0.2, -0.15) is 0 Å². The Kier molecular flexibility index (Phi) is 4.63. The minimum atomic E-state index is -0.102. The molecule has 1 heterocycles. The Morgan fingerprint density at radius 2 is 2.21 bits per heavy atom. The van der Waals surface area contributed by atoms with Crippen molar-refractivity contribution >= 4 is 17.5 Å². The van der Waals surface area contributed by atoms with Crippen molar-refractivity contribution in [1.82, 2.24) is 5.32 Å². The van der Waals surface area contributed by atoms with Crippen molar-refractivity contribution in [3.63, 3.8) is 0 Å². The van der Waals surface area contributed by atoms with Crippen LogP contribution in [0.25, 0.3) is 0 Å². The lowest BCUT2D eigenvalue weighted by molar-refractivity contribution is 0.0938. The lowest BCUT2D eigenvalue weighted by Gasteiger charge is -2.13. The molecule has 2 rings (SSSR count). The summed E-state index contributed by atoms with van der Waals surface area (Å²) in [4.78, 5) is 12.0. The second-order valence-electron chi connectivity index (χ2n) is 4.50. The summed E-state index contributed by atoms with van der Waals surface area (Å²) in [6.45, 7) is 1.98. The van der Waals surface area contributed by atoms with Crippen LogP contribution < -0.4 is 5.32 Å². The Morgan fingerprint density at radius 3 is 2.89 bits per heavy atom. The van der Waals surface area contributed by atoms with E-state index in [1.54, 1.807) is 30.5 Å². The molecule has 19 heavy (non-hydrogen) atoms. The van der Waals surface area contributed by atoms with Gasteiger partial charge in [-0.25, -0.2) is 0 Å². The predicted molar refractivity (Wildman–Crippen MR) is 75.4 cm³/mol. The molecular weight excluding hydrogens is 262 g/mol. The smallest absolute Gasteiger partial charge is 0.251 e. The second kappa shape index (κ2) is 6.43. The molecule has 1 N–H and O–H groups in total. The van der Waals surface area contributed by atoms with Crippen molar-refractivity contribution in [2.45, 2.75) is 25.8 Å². The molecule has 4 heteroatoms. The molecule has 1 unspecified atom stereocenters. The molecule has 0 spiro atoms. The molecule has 0 saturated heterocycles. The van der Waals surface area contributed by atoms with E-state index < -0.39 is 0 Å². The van der Waals surface area contributed by atoms with Gasteiger partial charge in [-0.1, -0.05) is 17.7 Å². The average molecular weight is 278 g/mol. The fourth-order valence-corrected chi connectivity index (χ4v) is 2.01. The molecule has 1 aromatic heterocycles. The zero-order valence-corrected chi connectivity index (χ0v) is 11.5. The van der Waals surface area contributed by atoms with Crippen LogP contribution in [0.3, 0.4) is 0 Å². The van der Waals surface area contributed by atoms with E-state index in [4.69, 9.17) is 16.0 Å². The summed E-state index contributed by atoms with van der Waals surface area (Å²) in [5, 5.41) is 3.51. The van der Waals surface area contributed by atoms with Crippen molar-refractivity contribution in [2.75, 3.05) is 0 Å². The third kappa shape index (κ3) is 4.14. The van der Waals surface area contributed by atoms with Crippen LogP contribution in [0.4, 0.5) is 0 Å². The number of nitrogens with one attached hydrogen (secondary N) is 1. The van der Waals surface area contributed by atoms with Gasteiger partial charge in [0.25, 0.3) is 5.91 Å². The standard InChI is InChI=1S/C15H16ClNO2/c1-11(7-8-14-6-3-9-19-14)17-15(18)12-4-2-5-13(16)10-12/h2-6,9-11H,7-8H2,1H3,(H,17,18). The quantitative estimate of drug-likeness (QED) is 0.906. The number of aryl methyl sites for hydroxylation is 1. The highest BCUT2D eigenvalue weighted by molar-refractivity contribution is 6.30. The topological polar surface area (TPSA) is 42.2 Å². The molecule has 0 bridgehead atoms. The summed E-state index contributed by atoms with van der Waals surface area (Å²) < 4.78 is 5.26. The molecule has 100 valence electrons. The van der Waals surface area contributed by atoms with Crippen LogP contribution in [0, 0.1) is 0 Å². The predicted octanol–water partition coefficient (Wildman–Crippen LogP) is 3.68. The first kappa shape index (κ1) is 13.7. The first-order chi connectivity index (χ1) is 9.15. The van der Waals surface area contributed by atoms with Gasteiger partial charge in [0.05, 0.1) is 6.26 Å². The summed E-state index contributed by atoms with van der Waals surface area (Å²) in [6, 6.07) is 10.8. The molecule has 3 nitrogen and oxygen atoms in total.